The number of methoxy groups -OCH3 is 1. The van der Waals surface area contributed by atoms with Crippen molar-refractivity contribution in [3.63, 3.8) is 0 Å². The summed E-state index contributed by atoms with van der Waals surface area (Å²) < 4.78 is 18.2. The van der Waals surface area contributed by atoms with E-state index in [-0.39, 0.29) is 0 Å². The average Bonchev–Trinajstić information content (AvgIpc) is 2.75. The van der Waals surface area contributed by atoms with E-state index in [9.17, 15) is 0 Å². The molecule has 3 aromatic carbocycles. The Kier molecular flexibility index (Phi) is 3.42. The monoisotopic (exact) mass is 318 g/mol. The van der Waals surface area contributed by atoms with Gasteiger partial charge in [0.25, 0.3) is 5.79 Å². The van der Waals surface area contributed by atoms with Gasteiger partial charge >= 0.3 is 0 Å². The summed E-state index contributed by atoms with van der Waals surface area (Å²) in [6.45, 7) is 1.92. The van der Waals surface area contributed by atoms with Crippen LogP contribution in [0.15, 0.2) is 72.8 Å². The lowest BCUT2D eigenvalue weighted by Crippen LogP contribution is -2.36. The van der Waals surface area contributed by atoms with E-state index in [4.69, 9.17) is 14.2 Å². The molecule has 0 spiro atoms. The predicted octanol–water partition coefficient (Wildman–Crippen LogP) is 5.01. The minimum Gasteiger partial charge on any atom is -0.496 e. The lowest BCUT2D eigenvalue weighted by Gasteiger charge is -2.31. The van der Waals surface area contributed by atoms with E-state index >= 15 is 0 Å². The van der Waals surface area contributed by atoms with Crippen molar-refractivity contribution < 1.29 is 14.2 Å². The summed E-state index contributed by atoms with van der Waals surface area (Å²) in [7, 11) is 1.65. The molecule has 3 aromatic rings. The highest BCUT2D eigenvalue weighted by Gasteiger charge is 2.38. The number of hydrogen-bond acceptors (Lipinski definition) is 3. The molecule has 0 saturated heterocycles. The van der Waals surface area contributed by atoms with Crippen molar-refractivity contribution in [2.45, 2.75) is 12.7 Å². The van der Waals surface area contributed by atoms with E-state index in [1.54, 1.807) is 7.11 Å². The fourth-order valence-corrected chi connectivity index (χ4v) is 3.13. The van der Waals surface area contributed by atoms with E-state index in [2.05, 4.69) is 0 Å². The standard InChI is InChI=1S/C21H18O3/c1-21(17-11-5-8-14-20(17)22-2)23-18-12-6-3-9-15(18)16-10-4-7-13-19(16)24-21/h3-14H,1-2H3. The molecule has 0 unspecified atom stereocenters. The number of benzene rings is 3. The quantitative estimate of drug-likeness (QED) is 0.665. The molecule has 120 valence electrons. The number of hydrogen-bond donors (Lipinski definition) is 0. The molecule has 0 bridgehead atoms. The van der Waals surface area contributed by atoms with Gasteiger partial charge in [-0.25, -0.2) is 0 Å². The fourth-order valence-electron chi connectivity index (χ4n) is 3.13. The largest absolute Gasteiger partial charge is 0.496 e. The molecule has 0 aliphatic carbocycles. The van der Waals surface area contributed by atoms with Crippen LogP contribution in [0.3, 0.4) is 0 Å². The number of para-hydroxylation sites is 3. The van der Waals surface area contributed by atoms with Crippen LogP contribution in [0.25, 0.3) is 11.1 Å². The summed E-state index contributed by atoms with van der Waals surface area (Å²) in [6.07, 6.45) is 0. The van der Waals surface area contributed by atoms with Gasteiger partial charge in [-0.3, -0.25) is 0 Å². The Morgan fingerprint density at radius 2 is 1.21 bits per heavy atom. The Morgan fingerprint density at radius 1 is 0.708 bits per heavy atom. The second kappa shape index (κ2) is 5.60. The average molecular weight is 318 g/mol. The lowest BCUT2D eigenvalue weighted by atomic mass is 10.0. The van der Waals surface area contributed by atoms with Gasteiger partial charge in [-0.1, -0.05) is 48.5 Å². The van der Waals surface area contributed by atoms with Crippen molar-refractivity contribution in [2.24, 2.45) is 0 Å². The van der Waals surface area contributed by atoms with Crippen molar-refractivity contribution in [3.05, 3.63) is 78.4 Å². The molecule has 1 aliphatic rings. The maximum absolute atomic E-state index is 6.35. The van der Waals surface area contributed by atoms with Crippen molar-refractivity contribution >= 4 is 0 Å². The first-order valence-corrected chi connectivity index (χ1v) is 7.91. The van der Waals surface area contributed by atoms with Gasteiger partial charge in [-0.15, -0.1) is 0 Å². The number of ether oxygens (including phenoxy) is 3. The van der Waals surface area contributed by atoms with Crippen LogP contribution >= 0.6 is 0 Å². The molecule has 24 heavy (non-hydrogen) atoms. The van der Waals surface area contributed by atoms with Crippen LogP contribution in [0.1, 0.15) is 12.5 Å². The summed E-state index contributed by atoms with van der Waals surface area (Å²) in [4.78, 5) is 0. The predicted molar refractivity (Wildman–Crippen MR) is 93.5 cm³/mol. The van der Waals surface area contributed by atoms with Crippen molar-refractivity contribution in [1.29, 1.82) is 0 Å². The Morgan fingerprint density at radius 3 is 1.79 bits per heavy atom. The molecule has 0 aromatic heterocycles. The van der Waals surface area contributed by atoms with Crippen molar-refractivity contribution in [3.8, 4) is 28.4 Å². The van der Waals surface area contributed by atoms with Gasteiger partial charge in [0.2, 0.25) is 0 Å². The molecule has 4 rings (SSSR count). The Hall–Kier alpha value is -2.94. The Bertz CT molecular complexity index is 838. The van der Waals surface area contributed by atoms with Gasteiger partial charge in [0.05, 0.1) is 12.7 Å². The Balaban J connectivity index is 1.94. The van der Waals surface area contributed by atoms with Gasteiger partial charge in [-0.2, -0.15) is 0 Å². The van der Waals surface area contributed by atoms with E-state index in [0.29, 0.717) is 0 Å². The maximum atomic E-state index is 6.35. The number of rotatable bonds is 2. The van der Waals surface area contributed by atoms with Gasteiger partial charge in [-0.05, 0) is 24.3 Å². The molecule has 0 fully saturated rings. The molecular formula is C21H18O3. The summed E-state index contributed by atoms with van der Waals surface area (Å²) in [6, 6.07) is 23.7. The van der Waals surface area contributed by atoms with Crippen LogP contribution in [-0.2, 0) is 5.79 Å². The highest BCUT2D eigenvalue weighted by Crippen LogP contribution is 2.46. The third-order valence-electron chi connectivity index (χ3n) is 4.27. The van der Waals surface area contributed by atoms with Gasteiger partial charge < -0.3 is 14.2 Å². The Labute approximate surface area is 141 Å². The van der Waals surface area contributed by atoms with E-state index in [1.165, 1.54) is 0 Å². The fraction of sp³-hybridized carbons (Fsp3) is 0.143. The third kappa shape index (κ3) is 2.29. The normalized spacial score (nSPS) is 14.4. The molecule has 0 N–H and O–H groups in total. The first kappa shape index (κ1) is 14.6. The van der Waals surface area contributed by atoms with Gasteiger partial charge in [0.15, 0.2) is 0 Å². The van der Waals surface area contributed by atoms with Crippen molar-refractivity contribution in [1.82, 2.24) is 0 Å². The molecule has 1 heterocycles. The summed E-state index contributed by atoms with van der Waals surface area (Å²) in [5.41, 5.74) is 2.89. The highest BCUT2D eigenvalue weighted by molar-refractivity contribution is 5.76. The summed E-state index contributed by atoms with van der Waals surface area (Å²) in [5.74, 6) is 1.32. The molecule has 0 atom stereocenters. The van der Waals surface area contributed by atoms with Crippen LogP contribution in [0.4, 0.5) is 0 Å². The zero-order valence-electron chi connectivity index (χ0n) is 13.7. The van der Waals surface area contributed by atoms with Gasteiger partial charge in [0.1, 0.15) is 17.2 Å². The molecule has 0 saturated carbocycles. The van der Waals surface area contributed by atoms with E-state index < -0.39 is 5.79 Å². The molecular weight excluding hydrogens is 300 g/mol. The van der Waals surface area contributed by atoms with E-state index in [0.717, 1.165) is 33.9 Å². The molecule has 0 amide bonds. The molecule has 3 nitrogen and oxygen atoms in total. The van der Waals surface area contributed by atoms with E-state index in [1.807, 2.05) is 79.7 Å². The van der Waals surface area contributed by atoms with Gasteiger partial charge in [0, 0.05) is 18.1 Å². The van der Waals surface area contributed by atoms with Crippen LogP contribution in [0.2, 0.25) is 0 Å². The summed E-state index contributed by atoms with van der Waals surface area (Å²) in [5, 5.41) is 0. The molecule has 3 heteroatoms. The van der Waals surface area contributed by atoms with Crippen LogP contribution < -0.4 is 14.2 Å². The van der Waals surface area contributed by atoms with Crippen LogP contribution in [0.5, 0.6) is 17.2 Å². The SMILES string of the molecule is COc1ccccc1C1(C)Oc2ccccc2-c2ccccc2O1. The second-order valence-corrected chi connectivity index (χ2v) is 5.84. The number of fused-ring (bicyclic) bond motifs is 3. The van der Waals surface area contributed by atoms with Crippen LogP contribution in [-0.4, -0.2) is 7.11 Å². The minimum atomic E-state index is -0.991. The lowest BCUT2D eigenvalue weighted by molar-refractivity contribution is -0.103. The second-order valence-electron chi connectivity index (χ2n) is 5.84. The first-order chi connectivity index (χ1) is 11.7. The highest BCUT2D eigenvalue weighted by atomic mass is 16.7. The zero-order valence-corrected chi connectivity index (χ0v) is 13.7. The summed E-state index contributed by atoms with van der Waals surface area (Å²) >= 11 is 0. The topological polar surface area (TPSA) is 27.7 Å². The van der Waals surface area contributed by atoms with Crippen LogP contribution in [0, 0.1) is 0 Å². The minimum absolute atomic E-state index is 0.733. The first-order valence-electron chi connectivity index (χ1n) is 7.91. The maximum Gasteiger partial charge on any atom is 0.278 e. The smallest absolute Gasteiger partial charge is 0.278 e. The molecule has 1 aliphatic heterocycles. The molecule has 0 radical (unpaired) electrons. The third-order valence-corrected chi connectivity index (χ3v) is 4.27. The zero-order chi connectivity index (χ0) is 16.6. The van der Waals surface area contributed by atoms with Crippen molar-refractivity contribution in [2.75, 3.05) is 7.11 Å².